The van der Waals surface area contributed by atoms with Crippen LogP contribution in [-0.4, -0.2) is 19.1 Å². The maximum absolute atomic E-state index is 10.3. The number of amidine groups is 1. The second-order valence-electron chi connectivity index (χ2n) is 1.78. The fraction of sp³-hybridized carbons (Fsp3) is 0.800. The van der Waals surface area contributed by atoms with Crippen LogP contribution in [0.4, 0.5) is 0 Å². The molecule has 0 rings (SSSR count). The summed E-state index contributed by atoms with van der Waals surface area (Å²) in [4.78, 5) is 3.65. The van der Waals surface area contributed by atoms with Crippen LogP contribution in [0.25, 0.3) is 0 Å². The van der Waals surface area contributed by atoms with Crippen molar-refractivity contribution in [2.45, 2.75) is 19.9 Å². The van der Waals surface area contributed by atoms with Gasteiger partial charge in [-0.2, -0.15) is 0 Å². The Bertz CT molecular complexity index is 88.4. The van der Waals surface area contributed by atoms with E-state index in [1.54, 1.807) is 7.05 Å². The van der Waals surface area contributed by atoms with Gasteiger partial charge < -0.3 is 10.4 Å². The molecule has 0 spiro atoms. The molecule has 0 fully saturated rings. The molecule has 3 nitrogen and oxygen atoms in total. The van der Waals surface area contributed by atoms with Gasteiger partial charge >= 0.3 is 0 Å². The van der Waals surface area contributed by atoms with E-state index < -0.39 is 0 Å². The molecule has 48 valence electrons. The summed E-state index contributed by atoms with van der Waals surface area (Å²) in [6.45, 7) is 3.71. The molecular formula is C5H11N2O-. The van der Waals surface area contributed by atoms with Crippen molar-refractivity contribution in [2.24, 2.45) is 4.99 Å². The first-order valence-corrected chi connectivity index (χ1v) is 2.59. The predicted octanol–water partition coefficient (Wildman–Crippen LogP) is -0.669. The van der Waals surface area contributed by atoms with Gasteiger partial charge in [0, 0.05) is 19.1 Å². The Hall–Kier alpha value is -0.730. The Morgan fingerprint density at radius 3 is 2.25 bits per heavy atom. The first-order chi connectivity index (χ1) is 3.66. The van der Waals surface area contributed by atoms with E-state index in [0.29, 0.717) is 0 Å². The van der Waals surface area contributed by atoms with Crippen molar-refractivity contribution in [1.29, 1.82) is 0 Å². The summed E-state index contributed by atoms with van der Waals surface area (Å²) >= 11 is 0. The average molecular weight is 115 g/mol. The minimum atomic E-state index is -0.250. The highest BCUT2D eigenvalue weighted by molar-refractivity contribution is 5.68. The van der Waals surface area contributed by atoms with Crippen LogP contribution in [0.1, 0.15) is 13.8 Å². The van der Waals surface area contributed by atoms with Crippen LogP contribution in [0.2, 0.25) is 0 Å². The summed E-state index contributed by atoms with van der Waals surface area (Å²) < 4.78 is 0. The molecule has 3 heteroatoms. The zero-order valence-corrected chi connectivity index (χ0v) is 5.43. The van der Waals surface area contributed by atoms with Gasteiger partial charge in [-0.15, -0.1) is 0 Å². The third-order valence-corrected chi connectivity index (χ3v) is 0.589. The highest BCUT2D eigenvalue weighted by Crippen LogP contribution is 1.81. The topological polar surface area (TPSA) is 47.4 Å². The molecule has 0 atom stereocenters. The monoisotopic (exact) mass is 115 g/mol. The summed E-state index contributed by atoms with van der Waals surface area (Å²) in [6.07, 6.45) is 0. The molecule has 0 saturated carbocycles. The number of nitrogens with one attached hydrogen (secondary N) is 1. The first kappa shape index (κ1) is 7.27. The summed E-state index contributed by atoms with van der Waals surface area (Å²) in [5.74, 6) is 0. The van der Waals surface area contributed by atoms with Gasteiger partial charge in [0.1, 0.15) is 0 Å². The van der Waals surface area contributed by atoms with Crippen molar-refractivity contribution in [3.8, 4) is 0 Å². The van der Waals surface area contributed by atoms with E-state index in [2.05, 4.69) is 10.3 Å². The van der Waals surface area contributed by atoms with Crippen LogP contribution < -0.4 is 10.4 Å². The largest absolute Gasteiger partial charge is 0.846 e. The van der Waals surface area contributed by atoms with Gasteiger partial charge in [-0.05, 0) is 13.8 Å². The van der Waals surface area contributed by atoms with Crippen LogP contribution in [0.5, 0.6) is 0 Å². The predicted molar refractivity (Wildman–Crippen MR) is 31.6 cm³/mol. The van der Waals surface area contributed by atoms with Crippen molar-refractivity contribution in [3.05, 3.63) is 0 Å². The van der Waals surface area contributed by atoms with Gasteiger partial charge in [0.15, 0.2) is 0 Å². The summed E-state index contributed by atoms with van der Waals surface area (Å²) in [5.41, 5.74) is 0. The molecule has 0 aliphatic carbocycles. The van der Waals surface area contributed by atoms with E-state index in [-0.39, 0.29) is 12.1 Å². The van der Waals surface area contributed by atoms with Crippen molar-refractivity contribution < 1.29 is 5.11 Å². The summed E-state index contributed by atoms with van der Waals surface area (Å²) in [5, 5.41) is 12.7. The zero-order valence-electron chi connectivity index (χ0n) is 5.43. The van der Waals surface area contributed by atoms with Gasteiger partial charge in [-0.3, -0.25) is 4.99 Å². The Balaban J connectivity index is 3.56. The second kappa shape index (κ2) is 3.29. The SMILES string of the molecule is CNC([O-])=NC(C)C. The molecule has 0 aliphatic heterocycles. The Morgan fingerprint density at radius 2 is 2.12 bits per heavy atom. The number of nitrogens with zero attached hydrogens (tertiary/aromatic N) is 1. The lowest BCUT2D eigenvalue weighted by molar-refractivity contribution is -0.221. The Kier molecular flexibility index (Phi) is 2.99. The Labute approximate surface area is 49.4 Å². The molecule has 0 aromatic carbocycles. The highest BCUT2D eigenvalue weighted by Gasteiger charge is 1.82. The normalized spacial score (nSPS) is 12.2. The maximum Gasteiger partial charge on any atom is 0.0472 e. The minimum absolute atomic E-state index is 0.0925. The number of hydrogen-bond acceptors (Lipinski definition) is 2. The highest BCUT2D eigenvalue weighted by atomic mass is 16.3. The standard InChI is InChI=1S/C5H12N2O/c1-4(2)7-5(8)6-3/h4H,1-3H3,(H2,6,7,8)/p-1. The number of hydrogen-bond donors (Lipinski definition) is 1. The quantitative estimate of drug-likeness (QED) is 0.364. The fourth-order valence-corrected chi connectivity index (χ4v) is 0.299. The molecule has 0 heterocycles. The van der Waals surface area contributed by atoms with Gasteiger partial charge in [-0.1, -0.05) is 0 Å². The lowest BCUT2D eigenvalue weighted by Gasteiger charge is -2.09. The second-order valence-corrected chi connectivity index (χ2v) is 1.78. The lowest BCUT2D eigenvalue weighted by atomic mass is 10.4. The van der Waals surface area contributed by atoms with Gasteiger partial charge in [0.05, 0.1) is 0 Å². The van der Waals surface area contributed by atoms with Gasteiger partial charge in [-0.25, -0.2) is 0 Å². The summed E-state index contributed by atoms with van der Waals surface area (Å²) in [7, 11) is 1.56. The number of aliphatic imine (C=N–C) groups is 1. The molecule has 0 aromatic heterocycles. The first-order valence-electron chi connectivity index (χ1n) is 2.59. The van der Waals surface area contributed by atoms with E-state index >= 15 is 0 Å². The molecule has 0 saturated heterocycles. The van der Waals surface area contributed by atoms with E-state index in [4.69, 9.17) is 0 Å². The fourth-order valence-electron chi connectivity index (χ4n) is 0.299. The van der Waals surface area contributed by atoms with E-state index in [9.17, 15) is 5.11 Å². The lowest BCUT2D eigenvalue weighted by Crippen LogP contribution is -2.32. The molecule has 0 aromatic rings. The van der Waals surface area contributed by atoms with Crippen molar-refractivity contribution >= 4 is 6.02 Å². The third kappa shape index (κ3) is 3.46. The van der Waals surface area contributed by atoms with Crippen molar-refractivity contribution in [2.75, 3.05) is 7.05 Å². The van der Waals surface area contributed by atoms with Crippen LogP contribution in [-0.2, 0) is 0 Å². The molecular weight excluding hydrogens is 104 g/mol. The molecule has 0 unspecified atom stereocenters. The van der Waals surface area contributed by atoms with Gasteiger partial charge in [0.2, 0.25) is 0 Å². The number of rotatable bonds is 1. The van der Waals surface area contributed by atoms with Crippen LogP contribution in [0, 0.1) is 0 Å². The van der Waals surface area contributed by atoms with E-state index in [1.807, 2.05) is 13.8 Å². The van der Waals surface area contributed by atoms with E-state index in [0.717, 1.165) is 0 Å². The summed E-state index contributed by atoms with van der Waals surface area (Å²) in [6, 6.07) is -0.157. The van der Waals surface area contributed by atoms with Crippen LogP contribution in [0.15, 0.2) is 4.99 Å². The van der Waals surface area contributed by atoms with E-state index in [1.165, 1.54) is 0 Å². The van der Waals surface area contributed by atoms with Crippen molar-refractivity contribution in [3.63, 3.8) is 0 Å². The van der Waals surface area contributed by atoms with Crippen molar-refractivity contribution in [1.82, 2.24) is 5.32 Å². The molecule has 0 aliphatic rings. The Morgan fingerprint density at radius 1 is 1.62 bits per heavy atom. The molecule has 0 amide bonds. The zero-order chi connectivity index (χ0) is 6.57. The molecule has 8 heavy (non-hydrogen) atoms. The smallest absolute Gasteiger partial charge is 0.0472 e. The molecule has 0 radical (unpaired) electrons. The minimum Gasteiger partial charge on any atom is -0.846 e. The maximum atomic E-state index is 10.3. The van der Waals surface area contributed by atoms with Crippen LogP contribution in [0.3, 0.4) is 0 Å². The van der Waals surface area contributed by atoms with Crippen LogP contribution >= 0.6 is 0 Å². The molecule has 1 N–H and O–H groups in total. The average Bonchev–Trinajstić information content (AvgIpc) is 1.65. The third-order valence-electron chi connectivity index (χ3n) is 0.589. The molecule has 0 bridgehead atoms. The van der Waals surface area contributed by atoms with Gasteiger partial charge in [0.25, 0.3) is 0 Å².